The molecule has 0 aliphatic carbocycles. The summed E-state index contributed by atoms with van der Waals surface area (Å²) in [5.74, 6) is 0.979. The second-order valence-electron chi connectivity index (χ2n) is 15.6. The first-order valence-electron chi connectivity index (χ1n) is 20.6. The number of alkyl carbamates (subject to hydrolysis) is 1. The minimum Gasteiger partial charge on any atom is -0.453 e. The number of benzene rings is 4. The number of ether oxygens (including phenoxy) is 1. The molecule has 0 saturated carbocycles. The summed E-state index contributed by atoms with van der Waals surface area (Å²) >= 11 is 0. The molecule has 2 saturated heterocycles. The number of halogens is 1. The molecular formula is C47H53FN8O4. The fraction of sp³-hybridized carbons (Fsp3) is 0.340. The zero-order valence-electron chi connectivity index (χ0n) is 34.8. The van der Waals surface area contributed by atoms with E-state index in [-0.39, 0.29) is 37.4 Å². The van der Waals surface area contributed by atoms with Crippen LogP contribution in [0.1, 0.15) is 74.9 Å². The highest BCUT2D eigenvalue weighted by molar-refractivity contribution is 5.91. The predicted octanol–water partition coefficient (Wildman–Crippen LogP) is 8.64. The van der Waals surface area contributed by atoms with Crippen molar-refractivity contribution < 1.29 is 23.5 Å². The topological polar surface area (TPSA) is 140 Å². The highest BCUT2D eigenvalue weighted by Gasteiger charge is 2.41. The van der Waals surface area contributed by atoms with Crippen LogP contribution in [0.4, 0.5) is 9.18 Å². The summed E-state index contributed by atoms with van der Waals surface area (Å²) in [6.45, 7) is 4.76. The SMILES string of the molecule is CCC.COC(=O)NCC(=O)N1CCCC1c1ncc(-c2ccc3cc(-c4ccc(-c5cnc(C6CC(F)CN6C(=O)C(c6ccccc6)N(C)C)[nH]5)cc4)ccc3c2)[nH]1. The first-order chi connectivity index (χ1) is 29.1. The van der Waals surface area contributed by atoms with E-state index in [4.69, 9.17) is 0 Å². The number of likely N-dealkylation sites (N-methyl/N-ethyl adjacent to an activating group) is 1. The smallest absolute Gasteiger partial charge is 0.407 e. The largest absolute Gasteiger partial charge is 0.453 e. The summed E-state index contributed by atoms with van der Waals surface area (Å²) in [4.78, 5) is 59.5. The van der Waals surface area contributed by atoms with Crippen molar-refractivity contribution in [1.29, 1.82) is 0 Å². The quantitative estimate of drug-likeness (QED) is 0.126. The Balaban J connectivity index is 0.00000176. The van der Waals surface area contributed by atoms with Gasteiger partial charge in [-0.1, -0.05) is 99.1 Å². The molecule has 13 heteroatoms. The maximum Gasteiger partial charge on any atom is 0.407 e. The molecule has 2 aromatic heterocycles. The van der Waals surface area contributed by atoms with Gasteiger partial charge >= 0.3 is 6.09 Å². The van der Waals surface area contributed by atoms with Crippen LogP contribution >= 0.6 is 0 Å². The lowest BCUT2D eigenvalue weighted by Gasteiger charge is -2.31. The number of alkyl halides is 1. The Labute approximate surface area is 350 Å². The Morgan fingerprint density at radius 2 is 1.40 bits per heavy atom. The van der Waals surface area contributed by atoms with Gasteiger partial charge in [-0.3, -0.25) is 14.5 Å². The summed E-state index contributed by atoms with van der Waals surface area (Å²) < 4.78 is 19.5. The van der Waals surface area contributed by atoms with Gasteiger partial charge in [0, 0.05) is 18.5 Å². The molecule has 0 spiro atoms. The van der Waals surface area contributed by atoms with E-state index in [2.05, 4.69) is 92.4 Å². The van der Waals surface area contributed by atoms with Crippen LogP contribution in [0.25, 0.3) is 44.4 Å². The normalized spacial score (nSPS) is 18.0. The highest BCUT2D eigenvalue weighted by atomic mass is 19.1. The molecule has 8 rings (SSSR count). The van der Waals surface area contributed by atoms with E-state index < -0.39 is 24.3 Å². The van der Waals surface area contributed by atoms with Gasteiger partial charge in [0.05, 0.1) is 49.5 Å². The van der Waals surface area contributed by atoms with Gasteiger partial charge < -0.3 is 29.8 Å². The Morgan fingerprint density at radius 3 is 2.05 bits per heavy atom. The zero-order valence-corrected chi connectivity index (χ0v) is 34.8. The number of aromatic amines is 2. The van der Waals surface area contributed by atoms with E-state index in [0.29, 0.717) is 12.4 Å². The zero-order chi connectivity index (χ0) is 42.3. The van der Waals surface area contributed by atoms with Crippen LogP contribution in [-0.4, -0.2) is 99.6 Å². The molecular weight excluding hydrogens is 760 g/mol. The van der Waals surface area contributed by atoms with Gasteiger partial charge in [0.2, 0.25) is 11.8 Å². The molecule has 3 amide bonds. The molecule has 3 N–H and O–H groups in total. The maximum absolute atomic E-state index is 14.9. The fourth-order valence-electron chi connectivity index (χ4n) is 8.15. The van der Waals surface area contributed by atoms with Crippen LogP contribution in [0.15, 0.2) is 103 Å². The number of fused-ring (bicyclic) bond motifs is 1. The van der Waals surface area contributed by atoms with E-state index in [1.807, 2.05) is 61.5 Å². The fourth-order valence-corrected chi connectivity index (χ4v) is 8.15. The third-order valence-corrected chi connectivity index (χ3v) is 11.0. The standard InChI is InChI=1S/C44H45FN8O4.C3H8/c1-51(2)40(29-8-5-4-6-9-29)43(55)53-26-34(45)22-38(53)42-47-23-35(49-42)28-13-11-27(12-14-28)30-15-16-32-21-33(18-17-31(32)20-30)36-24-46-41(50-36)37-10-7-19-52(37)39(54)25-48-44(56)57-3;1-3-2/h4-6,8-9,11-18,20-21,23-24,34,37-38,40H,7,10,19,22,25-26H2,1-3H3,(H,46,50)(H,47,49)(H,48,56);3H2,1-2H3. The molecule has 4 atom stereocenters. The lowest BCUT2D eigenvalue weighted by molar-refractivity contribution is -0.137. The van der Waals surface area contributed by atoms with Gasteiger partial charge in [0.1, 0.15) is 30.4 Å². The van der Waals surface area contributed by atoms with Crippen molar-refractivity contribution in [3.8, 4) is 33.6 Å². The number of H-pyrrole nitrogens is 2. The number of carbonyl (C=O) groups is 3. The van der Waals surface area contributed by atoms with Gasteiger partial charge in [-0.25, -0.2) is 19.2 Å². The third kappa shape index (κ3) is 9.11. The maximum atomic E-state index is 14.9. The Bertz CT molecular complexity index is 2410. The van der Waals surface area contributed by atoms with Crippen molar-refractivity contribution in [2.24, 2.45) is 0 Å². The predicted molar refractivity (Wildman–Crippen MR) is 231 cm³/mol. The number of aromatic nitrogens is 4. The molecule has 4 unspecified atom stereocenters. The monoisotopic (exact) mass is 812 g/mol. The molecule has 6 aromatic rings. The van der Waals surface area contributed by atoms with Crippen LogP contribution in [-0.2, 0) is 14.3 Å². The number of nitrogens with one attached hydrogen (secondary N) is 3. The molecule has 60 heavy (non-hydrogen) atoms. The Kier molecular flexibility index (Phi) is 13.0. The van der Waals surface area contributed by atoms with E-state index in [9.17, 15) is 18.8 Å². The molecule has 0 radical (unpaired) electrons. The summed E-state index contributed by atoms with van der Waals surface area (Å²) in [5.41, 5.74) is 6.59. The number of carbonyl (C=O) groups excluding carboxylic acids is 3. The summed E-state index contributed by atoms with van der Waals surface area (Å²) in [7, 11) is 4.99. The van der Waals surface area contributed by atoms with Crippen molar-refractivity contribution in [3.63, 3.8) is 0 Å². The van der Waals surface area contributed by atoms with Crippen molar-refractivity contribution >= 4 is 28.7 Å². The van der Waals surface area contributed by atoms with Gasteiger partial charge in [-0.2, -0.15) is 0 Å². The van der Waals surface area contributed by atoms with Crippen LogP contribution in [0.3, 0.4) is 0 Å². The lowest BCUT2D eigenvalue weighted by Crippen LogP contribution is -2.40. The number of hydrogen-bond acceptors (Lipinski definition) is 7. The van der Waals surface area contributed by atoms with Crippen molar-refractivity contribution in [2.75, 3.05) is 40.8 Å². The van der Waals surface area contributed by atoms with Crippen molar-refractivity contribution in [2.45, 2.75) is 63.8 Å². The van der Waals surface area contributed by atoms with E-state index in [0.717, 1.165) is 68.6 Å². The first kappa shape index (κ1) is 41.8. The number of imidazole rings is 2. The second kappa shape index (κ2) is 18.7. The highest BCUT2D eigenvalue weighted by Crippen LogP contribution is 2.37. The third-order valence-electron chi connectivity index (χ3n) is 11.0. The summed E-state index contributed by atoms with van der Waals surface area (Å²) in [6.07, 6.45) is 4.87. The average molecular weight is 813 g/mol. The van der Waals surface area contributed by atoms with Gasteiger partial charge in [-0.05, 0) is 72.1 Å². The summed E-state index contributed by atoms with van der Waals surface area (Å²) in [5, 5.41) is 4.64. The molecule has 2 aliphatic heterocycles. The number of amides is 3. The number of methoxy groups -OCH3 is 1. The molecule has 312 valence electrons. The van der Waals surface area contributed by atoms with Gasteiger partial charge in [0.15, 0.2) is 0 Å². The minimum atomic E-state index is -1.13. The van der Waals surface area contributed by atoms with Crippen LogP contribution in [0.2, 0.25) is 0 Å². The number of hydrogen-bond donors (Lipinski definition) is 3. The molecule has 2 fully saturated rings. The van der Waals surface area contributed by atoms with Gasteiger partial charge in [0.25, 0.3) is 0 Å². The van der Waals surface area contributed by atoms with Crippen LogP contribution < -0.4 is 5.32 Å². The second-order valence-corrected chi connectivity index (χ2v) is 15.6. The van der Waals surface area contributed by atoms with Crippen molar-refractivity contribution in [1.82, 2.24) is 40.0 Å². The number of likely N-dealkylation sites (tertiary alicyclic amines) is 2. The molecule has 2 aliphatic rings. The molecule has 12 nitrogen and oxygen atoms in total. The van der Waals surface area contributed by atoms with Crippen molar-refractivity contribution in [3.05, 3.63) is 121 Å². The van der Waals surface area contributed by atoms with E-state index in [1.165, 1.54) is 13.5 Å². The van der Waals surface area contributed by atoms with Crippen LogP contribution in [0.5, 0.6) is 0 Å². The molecule has 4 heterocycles. The first-order valence-corrected chi connectivity index (χ1v) is 20.6. The Morgan fingerprint density at radius 1 is 0.817 bits per heavy atom. The van der Waals surface area contributed by atoms with Crippen LogP contribution in [0, 0.1) is 0 Å². The molecule has 0 bridgehead atoms. The van der Waals surface area contributed by atoms with E-state index >= 15 is 0 Å². The van der Waals surface area contributed by atoms with E-state index in [1.54, 1.807) is 22.2 Å². The summed E-state index contributed by atoms with van der Waals surface area (Å²) in [6, 6.07) is 29.3. The average Bonchev–Trinajstić information content (AvgIpc) is 4.10. The minimum absolute atomic E-state index is 0.0329. The lowest BCUT2D eigenvalue weighted by atomic mass is 9.98. The molecule has 4 aromatic carbocycles. The Hall–Kier alpha value is -6.34. The number of rotatable bonds is 10. The number of nitrogens with zero attached hydrogens (tertiary/aromatic N) is 5. The van der Waals surface area contributed by atoms with Gasteiger partial charge in [-0.15, -0.1) is 0 Å².